The van der Waals surface area contributed by atoms with Gasteiger partial charge in [-0.25, -0.2) is 13.8 Å². The number of carbonyl (C=O) groups is 2. The van der Waals surface area contributed by atoms with E-state index < -0.39 is 34.8 Å². The topological polar surface area (TPSA) is 118 Å². The van der Waals surface area contributed by atoms with Gasteiger partial charge in [0, 0.05) is 29.6 Å². The van der Waals surface area contributed by atoms with E-state index in [0.717, 1.165) is 0 Å². The lowest BCUT2D eigenvalue weighted by Gasteiger charge is -2.19. The lowest BCUT2D eigenvalue weighted by atomic mass is 10.0. The van der Waals surface area contributed by atoms with Crippen molar-refractivity contribution >= 4 is 40.8 Å². The monoisotopic (exact) mass is 541 g/mol. The SMILES string of the molecule is CCn1nccc1C(=O)N[C@@H](CCCC(Cl)Cl)C(=O)Nc1ccc(-c2c(C)n[nH]c2C)c(C(F)F)n1. The third-order valence-corrected chi connectivity index (χ3v) is 6.00. The fourth-order valence-corrected chi connectivity index (χ4v) is 4.15. The van der Waals surface area contributed by atoms with Crippen LogP contribution in [0.25, 0.3) is 11.1 Å². The highest BCUT2D eigenvalue weighted by atomic mass is 35.5. The minimum absolute atomic E-state index is 0.0664. The van der Waals surface area contributed by atoms with E-state index in [-0.39, 0.29) is 23.5 Å². The molecule has 0 bridgehead atoms. The van der Waals surface area contributed by atoms with Crippen molar-refractivity contribution in [2.24, 2.45) is 0 Å². The molecule has 0 aliphatic carbocycles. The summed E-state index contributed by atoms with van der Waals surface area (Å²) >= 11 is 11.6. The van der Waals surface area contributed by atoms with Gasteiger partial charge in [0.05, 0.1) is 5.69 Å². The molecule has 36 heavy (non-hydrogen) atoms. The molecule has 0 unspecified atom stereocenters. The molecule has 2 amide bonds. The van der Waals surface area contributed by atoms with E-state index in [2.05, 4.69) is 30.9 Å². The van der Waals surface area contributed by atoms with E-state index in [1.165, 1.54) is 29.1 Å². The summed E-state index contributed by atoms with van der Waals surface area (Å²) < 4.78 is 29.3. The Bertz CT molecular complexity index is 1190. The fourth-order valence-electron chi connectivity index (χ4n) is 3.84. The van der Waals surface area contributed by atoms with Crippen LogP contribution in [0.5, 0.6) is 0 Å². The minimum Gasteiger partial charge on any atom is -0.339 e. The lowest BCUT2D eigenvalue weighted by molar-refractivity contribution is -0.118. The third kappa shape index (κ3) is 6.58. The van der Waals surface area contributed by atoms with Crippen molar-refractivity contribution in [3.63, 3.8) is 0 Å². The zero-order chi connectivity index (χ0) is 26.4. The number of halogens is 4. The molecule has 0 saturated carbocycles. The number of hydrogen-bond donors (Lipinski definition) is 3. The lowest BCUT2D eigenvalue weighted by Crippen LogP contribution is -2.44. The molecule has 0 aliphatic rings. The first-order valence-corrected chi connectivity index (χ1v) is 12.2. The third-order valence-electron chi connectivity index (χ3n) is 5.57. The van der Waals surface area contributed by atoms with Crippen LogP contribution in [0.3, 0.4) is 0 Å². The number of aromatic nitrogens is 5. The maximum Gasteiger partial charge on any atom is 0.281 e. The first kappa shape index (κ1) is 27.5. The molecule has 9 nitrogen and oxygen atoms in total. The fraction of sp³-hybridized carbons (Fsp3) is 0.435. The summed E-state index contributed by atoms with van der Waals surface area (Å²) in [5.74, 6) is -1.17. The number of carbonyl (C=O) groups excluding carboxylic acids is 2. The van der Waals surface area contributed by atoms with Crippen LogP contribution in [-0.4, -0.2) is 47.7 Å². The van der Waals surface area contributed by atoms with Gasteiger partial charge in [-0.05, 0) is 58.2 Å². The highest BCUT2D eigenvalue weighted by molar-refractivity contribution is 6.44. The van der Waals surface area contributed by atoms with E-state index in [1.807, 2.05) is 6.92 Å². The molecule has 0 aliphatic heterocycles. The van der Waals surface area contributed by atoms with Crippen molar-refractivity contribution in [1.29, 1.82) is 0 Å². The largest absolute Gasteiger partial charge is 0.339 e. The molecule has 1 atom stereocenters. The van der Waals surface area contributed by atoms with E-state index in [9.17, 15) is 18.4 Å². The van der Waals surface area contributed by atoms with Crippen molar-refractivity contribution in [3.8, 4) is 11.1 Å². The summed E-state index contributed by atoms with van der Waals surface area (Å²) in [4.78, 5) is 29.3. The Balaban J connectivity index is 1.83. The maximum atomic E-state index is 13.9. The molecule has 0 saturated heterocycles. The van der Waals surface area contributed by atoms with Crippen LogP contribution in [0.4, 0.5) is 14.6 Å². The van der Waals surface area contributed by atoms with Gasteiger partial charge in [-0.2, -0.15) is 10.2 Å². The van der Waals surface area contributed by atoms with Crippen molar-refractivity contribution in [3.05, 3.63) is 47.2 Å². The van der Waals surface area contributed by atoms with Gasteiger partial charge in [0.25, 0.3) is 12.3 Å². The quantitative estimate of drug-likeness (QED) is 0.297. The summed E-state index contributed by atoms with van der Waals surface area (Å²) in [6.07, 6.45) is -0.334. The Labute approximate surface area is 217 Å². The van der Waals surface area contributed by atoms with E-state index in [4.69, 9.17) is 23.2 Å². The van der Waals surface area contributed by atoms with Gasteiger partial charge >= 0.3 is 0 Å². The average molecular weight is 542 g/mol. The summed E-state index contributed by atoms with van der Waals surface area (Å²) in [5.41, 5.74) is 1.74. The number of nitrogens with zero attached hydrogens (tertiary/aromatic N) is 4. The number of aryl methyl sites for hydroxylation is 3. The highest BCUT2D eigenvalue weighted by Gasteiger charge is 2.25. The number of H-pyrrole nitrogens is 1. The summed E-state index contributed by atoms with van der Waals surface area (Å²) in [5, 5.41) is 16.1. The zero-order valence-electron chi connectivity index (χ0n) is 20.0. The van der Waals surface area contributed by atoms with Crippen molar-refractivity contribution in [2.75, 3.05) is 5.32 Å². The second-order valence-corrected chi connectivity index (χ2v) is 9.39. The van der Waals surface area contributed by atoms with Crippen LogP contribution in [0.1, 0.15) is 60.2 Å². The summed E-state index contributed by atoms with van der Waals surface area (Å²) in [6, 6.07) is 3.45. The van der Waals surface area contributed by atoms with Crippen molar-refractivity contribution in [2.45, 2.75) is 63.9 Å². The zero-order valence-corrected chi connectivity index (χ0v) is 21.5. The predicted molar refractivity (Wildman–Crippen MR) is 133 cm³/mol. The van der Waals surface area contributed by atoms with Crippen LogP contribution in [0.2, 0.25) is 0 Å². The predicted octanol–water partition coefficient (Wildman–Crippen LogP) is 4.95. The number of aromatic amines is 1. The number of pyridine rings is 1. The minimum atomic E-state index is -2.89. The molecule has 0 spiro atoms. The van der Waals surface area contributed by atoms with Gasteiger partial charge in [0.15, 0.2) is 0 Å². The molecular formula is C23H27Cl2F2N7O2. The second-order valence-electron chi connectivity index (χ2n) is 8.11. The molecule has 3 heterocycles. The molecule has 0 fully saturated rings. The Morgan fingerprint density at radius 2 is 1.92 bits per heavy atom. The van der Waals surface area contributed by atoms with Crippen molar-refractivity contribution < 1.29 is 18.4 Å². The summed E-state index contributed by atoms with van der Waals surface area (Å²) in [6.45, 7) is 5.73. The smallest absolute Gasteiger partial charge is 0.281 e. The number of nitrogens with one attached hydrogen (secondary N) is 3. The average Bonchev–Trinajstić information content (AvgIpc) is 3.44. The normalized spacial score (nSPS) is 12.2. The number of hydrogen-bond acceptors (Lipinski definition) is 5. The Morgan fingerprint density at radius 1 is 1.17 bits per heavy atom. The maximum absolute atomic E-state index is 13.9. The van der Waals surface area contributed by atoms with Crippen LogP contribution >= 0.6 is 23.2 Å². The van der Waals surface area contributed by atoms with Crippen LogP contribution in [-0.2, 0) is 11.3 Å². The number of alkyl halides is 4. The van der Waals surface area contributed by atoms with E-state index in [1.54, 1.807) is 13.8 Å². The van der Waals surface area contributed by atoms with Gasteiger partial charge < -0.3 is 10.6 Å². The molecular weight excluding hydrogens is 515 g/mol. The van der Waals surface area contributed by atoms with Gasteiger partial charge in [-0.1, -0.05) is 0 Å². The first-order valence-electron chi connectivity index (χ1n) is 11.3. The van der Waals surface area contributed by atoms with E-state index in [0.29, 0.717) is 36.3 Å². The Hall–Kier alpha value is -3.05. The van der Waals surface area contributed by atoms with Gasteiger partial charge in [0.2, 0.25) is 5.91 Å². The molecule has 0 aromatic carbocycles. The summed E-state index contributed by atoms with van der Waals surface area (Å²) in [7, 11) is 0. The molecule has 3 rings (SSSR count). The molecule has 13 heteroatoms. The number of amides is 2. The number of anilines is 1. The van der Waals surface area contributed by atoms with Gasteiger partial charge in [-0.3, -0.25) is 19.4 Å². The molecule has 3 aromatic heterocycles. The highest BCUT2D eigenvalue weighted by Crippen LogP contribution is 2.34. The standard InChI is InChI=1S/C23H27Cl2F2N7O2/c1-4-34-16(10-11-28-34)23(36)29-15(6-5-7-17(24)25)22(35)31-18-9-8-14(20(30-18)21(26)27)19-12(2)32-33-13(19)3/h8-11,15,17,21H,4-7H2,1-3H3,(H,29,36)(H,32,33)(H,30,31,35)/t15-/m0/s1. The molecule has 0 radical (unpaired) electrons. The van der Waals surface area contributed by atoms with Gasteiger partial charge in [-0.15, -0.1) is 23.2 Å². The van der Waals surface area contributed by atoms with Crippen LogP contribution in [0, 0.1) is 13.8 Å². The molecule has 3 aromatic rings. The Morgan fingerprint density at radius 3 is 2.53 bits per heavy atom. The molecule has 194 valence electrons. The van der Waals surface area contributed by atoms with Crippen LogP contribution < -0.4 is 10.6 Å². The van der Waals surface area contributed by atoms with Crippen molar-refractivity contribution in [1.82, 2.24) is 30.3 Å². The van der Waals surface area contributed by atoms with E-state index >= 15 is 0 Å². The van der Waals surface area contributed by atoms with Gasteiger partial charge in [0.1, 0.15) is 28.1 Å². The first-order chi connectivity index (χ1) is 17.1. The second kappa shape index (κ2) is 12.3. The van der Waals surface area contributed by atoms with Crippen LogP contribution in [0.15, 0.2) is 24.4 Å². The Kier molecular flexibility index (Phi) is 9.38. The number of rotatable bonds is 11. The molecule has 3 N–H and O–H groups in total.